The molecule has 10 heavy (non-hydrogen) atoms. The number of nitriles is 1. The minimum atomic E-state index is -0.714. The van der Waals surface area contributed by atoms with E-state index in [1.807, 2.05) is 0 Å². The van der Waals surface area contributed by atoms with Gasteiger partial charge in [-0.05, 0) is 5.87 Å². The number of nitrogens with one attached hydrogen (secondary N) is 1. The van der Waals surface area contributed by atoms with Gasteiger partial charge < -0.3 is 0 Å². The minimum Gasteiger partial charge on any atom is -0.259 e. The molecule has 1 N–H and O–H groups in total. The van der Waals surface area contributed by atoms with Gasteiger partial charge >= 0.3 is 0 Å². The van der Waals surface area contributed by atoms with E-state index in [4.69, 9.17) is 10.7 Å². The molecule has 0 heterocycles. The molecule has 0 saturated heterocycles. The lowest BCUT2D eigenvalue weighted by molar-refractivity contribution is -0.402. The van der Waals surface area contributed by atoms with Crippen LogP contribution in [0.4, 0.5) is 0 Å². The van der Waals surface area contributed by atoms with Crippen LogP contribution < -0.4 is 0 Å². The summed E-state index contributed by atoms with van der Waals surface area (Å²) in [6.45, 7) is 0. The van der Waals surface area contributed by atoms with Gasteiger partial charge in [-0.15, -0.1) is 0 Å². The molecule has 0 aromatic heterocycles. The van der Waals surface area contributed by atoms with Crippen LogP contribution in [0.5, 0.6) is 0 Å². The van der Waals surface area contributed by atoms with E-state index in [1.54, 1.807) is 5.87 Å². The summed E-state index contributed by atoms with van der Waals surface area (Å²) in [5.74, 6) is 1.72. The van der Waals surface area contributed by atoms with Gasteiger partial charge in [0, 0.05) is 6.08 Å². The van der Waals surface area contributed by atoms with E-state index in [1.165, 1.54) is 6.07 Å². The van der Waals surface area contributed by atoms with E-state index in [0.717, 1.165) is 6.08 Å². The highest BCUT2D eigenvalue weighted by Crippen LogP contribution is 1.86. The van der Waals surface area contributed by atoms with E-state index in [0.29, 0.717) is 6.20 Å². The van der Waals surface area contributed by atoms with Crippen molar-refractivity contribution in [3.05, 3.63) is 28.0 Å². The fraction of sp³-hybridized carbons (Fsp3) is 0. The van der Waals surface area contributed by atoms with Crippen molar-refractivity contribution in [2.75, 3.05) is 0 Å². The maximum absolute atomic E-state index is 9.64. The largest absolute Gasteiger partial charge is 0.259 e. The monoisotopic (exact) mass is 137 g/mol. The molecule has 0 spiro atoms. The lowest BCUT2D eigenvalue weighted by Crippen LogP contribution is -1.83. The van der Waals surface area contributed by atoms with Crippen molar-refractivity contribution < 1.29 is 4.92 Å². The fourth-order valence-electron chi connectivity index (χ4n) is 0.242. The summed E-state index contributed by atoms with van der Waals surface area (Å²) in [6, 6.07) is 1.53. The molecule has 0 saturated carbocycles. The SMILES string of the molecule is N#CC(=C=N)C=C[N+](=O)[O-]. The molecular weight excluding hydrogens is 134 g/mol. The molecule has 5 heteroatoms. The molecular formula is C5H3N3O2. The van der Waals surface area contributed by atoms with Crippen molar-refractivity contribution in [3.63, 3.8) is 0 Å². The van der Waals surface area contributed by atoms with Crippen LogP contribution in [0.15, 0.2) is 17.8 Å². The summed E-state index contributed by atoms with van der Waals surface area (Å²) in [6.07, 6.45) is 1.49. The smallest absolute Gasteiger partial charge is 0.236 e. The number of allylic oxidation sites excluding steroid dienone is 2. The van der Waals surface area contributed by atoms with E-state index < -0.39 is 4.92 Å². The van der Waals surface area contributed by atoms with Crippen molar-refractivity contribution >= 4 is 5.87 Å². The van der Waals surface area contributed by atoms with Gasteiger partial charge in [0.1, 0.15) is 11.6 Å². The summed E-state index contributed by atoms with van der Waals surface area (Å²) in [4.78, 5) is 8.93. The highest BCUT2D eigenvalue weighted by atomic mass is 16.6. The number of hydrogen-bond donors (Lipinski definition) is 1. The zero-order chi connectivity index (χ0) is 7.98. The Balaban J connectivity index is 4.31. The molecule has 0 fully saturated rings. The van der Waals surface area contributed by atoms with E-state index in [2.05, 4.69) is 0 Å². The van der Waals surface area contributed by atoms with Crippen LogP contribution >= 0.6 is 0 Å². The summed E-state index contributed by atoms with van der Waals surface area (Å²) in [5.41, 5.74) is -0.170. The molecule has 0 aliphatic heterocycles. The Morgan fingerprint density at radius 3 is 2.70 bits per heavy atom. The van der Waals surface area contributed by atoms with Crippen LogP contribution in [0.1, 0.15) is 0 Å². The molecule has 0 aromatic rings. The summed E-state index contributed by atoms with van der Waals surface area (Å²) >= 11 is 0. The lowest BCUT2D eigenvalue weighted by atomic mass is 10.3. The van der Waals surface area contributed by atoms with Crippen molar-refractivity contribution in [2.24, 2.45) is 0 Å². The predicted molar refractivity (Wildman–Crippen MR) is 33.0 cm³/mol. The van der Waals surface area contributed by atoms with Crippen LogP contribution in [0.3, 0.4) is 0 Å². The van der Waals surface area contributed by atoms with Gasteiger partial charge in [-0.3, -0.25) is 15.5 Å². The molecule has 5 nitrogen and oxygen atoms in total. The van der Waals surface area contributed by atoms with Crippen LogP contribution in [-0.4, -0.2) is 10.8 Å². The molecule has 0 aliphatic rings. The second-order valence-corrected chi connectivity index (χ2v) is 1.25. The minimum absolute atomic E-state index is 0.170. The molecule has 50 valence electrons. The third-order valence-electron chi connectivity index (χ3n) is 0.618. The molecule has 0 bridgehead atoms. The Kier molecular flexibility index (Phi) is 3.24. The van der Waals surface area contributed by atoms with Crippen molar-refractivity contribution in [1.29, 1.82) is 10.7 Å². The van der Waals surface area contributed by atoms with Crippen LogP contribution in [-0.2, 0) is 0 Å². The topological polar surface area (TPSA) is 90.8 Å². The normalized spacial score (nSPS) is 8.30. The molecule has 0 rings (SSSR count). The summed E-state index contributed by atoms with van der Waals surface area (Å²) in [5, 5.41) is 24.2. The number of rotatable bonds is 2. The lowest BCUT2D eigenvalue weighted by Gasteiger charge is -1.75. The number of nitro groups is 1. The zero-order valence-electron chi connectivity index (χ0n) is 4.87. The summed E-state index contributed by atoms with van der Waals surface area (Å²) < 4.78 is 0. The molecule has 0 amide bonds. The predicted octanol–water partition coefficient (Wildman–Crippen LogP) is 0.475. The van der Waals surface area contributed by atoms with Gasteiger partial charge in [-0.2, -0.15) is 5.26 Å². The van der Waals surface area contributed by atoms with Crippen LogP contribution in [0.2, 0.25) is 0 Å². The zero-order valence-corrected chi connectivity index (χ0v) is 4.87. The Morgan fingerprint density at radius 2 is 2.40 bits per heavy atom. The molecule has 0 unspecified atom stereocenters. The second kappa shape index (κ2) is 4.01. The van der Waals surface area contributed by atoms with Gasteiger partial charge in [0.05, 0.1) is 4.92 Å². The van der Waals surface area contributed by atoms with E-state index in [9.17, 15) is 10.1 Å². The van der Waals surface area contributed by atoms with Gasteiger partial charge in [0.2, 0.25) is 6.20 Å². The third-order valence-corrected chi connectivity index (χ3v) is 0.618. The maximum Gasteiger partial charge on any atom is 0.236 e. The van der Waals surface area contributed by atoms with Crippen LogP contribution in [0.25, 0.3) is 0 Å². The van der Waals surface area contributed by atoms with Crippen molar-refractivity contribution in [2.45, 2.75) is 0 Å². The average Bonchev–Trinajstić information content (AvgIpc) is 1.90. The Morgan fingerprint density at radius 1 is 1.80 bits per heavy atom. The first kappa shape index (κ1) is 8.08. The maximum atomic E-state index is 9.64. The van der Waals surface area contributed by atoms with Crippen molar-refractivity contribution in [3.8, 4) is 6.07 Å². The summed E-state index contributed by atoms with van der Waals surface area (Å²) in [7, 11) is 0. The van der Waals surface area contributed by atoms with Gasteiger partial charge in [-0.25, -0.2) is 0 Å². The standard InChI is InChI=1S/C5H3N3O2/c6-3-5(4-7)1-2-8(9)10/h1-2,6H. The Labute approximate surface area is 56.6 Å². The first-order valence-electron chi connectivity index (χ1n) is 2.22. The Hall–Kier alpha value is -1.92. The highest BCUT2D eigenvalue weighted by Gasteiger charge is 1.89. The van der Waals surface area contributed by atoms with Crippen LogP contribution in [0, 0.1) is 26.9 Å². The molecule has 0 aliphatic carbocycles. The molecule has 0 atom stereocenters. The highest BCUT2D eigenvalue weighted by molar-refractivity contribution is 5.64. The average molecular weight is 137 g/mol. The Bertz CT molecular complexity index is 255. The number of hydrogen-bond acceptors (Lipinski definition) is 4. The van der Waals surface area contributed by atoms with Crippen molar-refractivity contribution in [1.82, 2.24) is 0 Å². The quantitative estimate of drug-likeness (QED) is 0.197. The van der Waals surface area contributed by atoms with Gasteiger partial charge in [-0.1, -0.05) is 0 Å². The third kappa shape index (κ3) is 3.13. The first-order valence-corrected chi connectivity index (χ1v) is 2.22. The fourth-order valence-corrected chi connectivity index (χ4v) is 0.242. The molecule has 0 aromatic carbocycles. The van der Waals surface area contributed by atoms with Gasteiger partial charge in [0.25, 0.3) is 0 Å². The molecule has 0 radical (unpaired) electrons. The van der Waals surface area contributed by atoms with Gasteiger partial charge in [0.15, 0.2) is 0 Å². The second-order valence-electron chi connectivity index (χ2n) is 1.25. The first-order chi connectivity index (χ1) is 4.70. The number of nitrogens with zero attached hydrogens (tertiary/aromatic N) is 2. The van der Waals surface area contributed by atoms with E-state index >= 15 is 0 Å². The van der Waals surface area contributed by atoms with E-state index in [-0.39, 0.29) is 5.57 Å².